The largest absolute Gasteiger partial charge is 0.488 e. The molecule has 1 aliphatic rings. The molecule has 3 aromatic rings. The van der Waals surface area contributed by atoms with Gasteiger partial charge in [-0.2, -0.15) is 0 Å². The summed E-state index contributed by atoms with van der Waals surface area (Å²) in [7, 11) is -1.69. The second kappa shape index (κ2) is 12.3. The molecule has 0 radical (unpaired) electrons. The van der Waals surface area contributed by atoms with Crippen LogP contribution in [0.5, 0.6) is 5.75 Å². The summed E-state index contributed by atoms with van der Waals surface area (Å²) in [4.78, 5) is 17.3. The maximum absolute atomic E-state index is 13.4. The quantitative estimate of drug-likeness (QED) is 0.415. The summed E-state index contributed by atoms with van der Waals surface area (Å²) in [5.41, 5.74) is 2.15. The molecule has 0 saturated heterocycles. The Bertz CT molecular complexity index is 1320. The van der Waals surface area contributed by atoms with Crippen molar-refractivity contribution in [2.45, 2.75) is 43.2 Å². The molecule has 2 aromatic carbocycles. The number of hydrogen-bond donors (Lipinski definition) is 2. The van der Waals surface area contributed by atoms with Gasteiger partial charge < -0.3 is 14.7 Å². The number of aliphatic hydroxyl groups is 1. The molecule has 38 heavy (non-hydrogen) atoms. The number of carbonyl (C=O) groups excluding carboxylic acids is 1. The Hall–Kier alpha value is -2.92. The van der Waals surface area contributed by atoms with Gasteiger partial charge in [-0.15, -0.1) is 11.3 Å². The first-order chi connectivity index (χ1) is 18.2. The first kappa shape index (κ1) is 28.1. The van der Waals surface area contributed by atoms with Gasteiger partial charge in [0.15, 0.2) is 0 Å². The van der Waals surface area contributed by atoms with Gasteiger partial charge in [0.05, 0.1) is 19.1 Å². The lowest BCUT2D eigenvalue weighted by Gasteiger charge is -2.34. The number of aliphatic hydroxyl groups excluding tert-OH is 1. The van der Waals surface area contributed by atoms with Gasteiger partial charge in [0.2, 0.25) is 5.91 Å². The highest BCUT2D eigenvalue weighted by Crippen LogP contribution is 2.30. The number of rotatable bonds is 9. The molecule has 3 atom stereocenters. The Balaban J connectivity index is 1.63. The van der Waals surface area contributed by atoms with Gasteiger partial charge in [-0.1, -0.05) is 43.3 Å². The second-order valence-corrected chi connectivity index (χ2v) is 12.8. The average molecular weight is 558 g/mol. The molecule has 1 aromatic heterocycles. The molecule has 8 nitrogen and oxygen atoms in total. The summed E-state index contributed by atoms with van der Waals surface area (Å²) in [5, 5.41) is 11.6. The van der Waals surface area contributed by atoms with Crippen molar-refractivity contribution in [1.29, 1.82) is 0 Å². The minimum Gasteiger partial charge on any atom is -0.488 e. The first-order valence-corrected chi connectivity index (χ1v) is 15.0. The van der Waals surface area contributed by atoms with Gasteiger partial charge in [0.25, 0.3) is 10.0 Å². The minimum absolute atomic E-state index is 0.0193. The minimum atomic E-state index is -3.73. The molecule has 0 spiro atoms. The van der Waals surface area contributed by atoms with E-state index in [0.29, 0.717) is 30.1 Å². The smallest absolute Gasteiger partial charge is 0.271 e. The van der Waals surface area contributed by atoms with Crippen LogP contribution in [-0.2, 0) is 27.8 Å². The van der Waals surface area contributed by atoms with E-state index in [4.69, 9.17) is 4.74 Å². The number of thiophene rings is 1. The number of nitrogens with one attached hydrogen (secondary N) is 1. The van der Waals surface area contributed by atoms with Crippen LogP contribution in [0.1, 0.15) is 25.0 Å². The molecule has 204 valence electrons. The molecular formula is C28H35N3O5S2. The van der Waals surface area contributed by atoms with E-state index < -0.39 is 10.0 Å². The number of nitrogens with zero attached hydrogens (tertiary/aromatic N) is 2. The fourth-order valence-electron chi connectivity index (χ4n) is 4.60. The van der Waals surface area contributed by atoms with Crippen molar-refractivity contribution in [2.75, 3.05) is 31.5 Å². The van der Waals surface area contributed by atoms with Crippen LogP contribution < -0.4 is 9.46 Å². The first-order valence-electron chi connectivity index (χ1n) is 12.6. The summed E-state index contributed by atoms with van der Waals surface area (Å²) in [6.45, 7) is 5.55. The summed E-state index contributed by atoms with van der Waals surface area (Å²) in [5.74, 6) is 0.398. The third-order valence-corrected chi connectivity index (χ3v) is 9.49. The molecule has 2 heterocycles. The van der Waals surface area contributed by atoms with Crippen LogP contribution in [-0.4, -0.2) is 68.1 Å². The number of carbonyl (C=O) groups is 1. The third-order valence-electron chi connectivity index (χ3n) is 6.72. The van der Waals surface area contributed by atoms with Crippen LogP contribution in [0.25, 0.3) is 0 Å². The summed E-state index contributed by atoms with van der Waals surface area (Å²) in [6.07, 6.45) is -0.205. The number of sulfonamides is 1. The van der Waals surface area contributed by atoms with Crippen molar-refractivity contribution in [1.82, 2.24) is 9.80 Å². The van der Waals surface area contributed by atoms with E-state index in [9.17, 15) is 18.3 Å². The van der Waals surface area contributed by atoms with Crippen molar-refractivity contribution >= 4 is 33.0 Å². The molecule has 1 aliphatic heterocycles. The van der Waals surface area contributed by atoms with Crippen LogP contribution in [0.4, 0.5) is 5.69 Å². The van der Waals surface area contributed by atoms with Gasteiger partial charge in [0, 0.05) is 36.8 Å². The van der Waals surface area contributed by atoms with Crippen molar-refractivity contribution in [3.63, 3.8) is 0 Å². The molecule has 0 aliphatic carbocycles. The second-order valence-electron chi connectivity index (χ2n) is 9.93. The Morgan fingerprint density at radius 2 is 1.95 bits per heavy atom. The number of ether oxygens (including phenoxy) is 1. The number of fused-ring (bicyclic) bond motifs is 1. The standard InChI is InChI=1S/C28H35N3O5S2/c1-20-16-31(21(2)19-32)27(33)15-23-14-24(29-38(34,35)28-10-7-13-37-28)11-12-25(23)36-26(20)18-30(3)17-22-8-5-4-6-9-22/h4-14,20-21,26,29,32H,15-19H2,1-3H3/t20-,21-,26+/m0/s1. The number of hydrogen-bond acceptors (Lipinski definition) is 7. The number of anilines is 1. The molecule has 0 fully saturated rings. The van der Waals surface area contributed by atoms with Gasteiger partial charge in [-0.3, -0.25) is 14.4 Å². The zero-order chi connectivity index (χ0) is 27.3. The van der Waals surface area contributed by atoms with Crippen LogP contribution in [0, 0.1) is 5.92 Å². The predicted molar refractivity (Wildman–Crippen MR) is 150 cm³/mol. The molecule has 0 unspecified atom stereocenters. The van der Waals surface area contributed by atoms with E-state index in [1.54, 1.807) is 40.6 Å². The lowest BCUT2D eigenvalue weighted by molar-refractivity contribution is -0.134. The van der Waals surface area contributed by atoms with Crippen molar-refractivity contribution in [3.05, 3.63) is 77.2 Å². The molecule has 0 bridgehead atoms. The van der Waals surface area contributed by atoms with E-state index >= 15 is 0 Å². The monoisotopic (exact) mass is 557 g/mol. The lowest BCUT2D eigenvalue weighted by atomic mass is 10.0. The molecule has 0 saturated carbocycles. The van der Waals surface area contributed by atoms with Crippen molar-refractivity contribution < 1.29 is 23.1 Å². The Morgan fingerprint density at radius 1 is 1.18 bits per heavy atom. The zero-order valence-corrected chi connectivity index (χ0v) is 23.5. The highest BCUT2D eigenvalue weighted by Gasteiger charge is 2.31. The van der Waals surface area contributed by atoms with E-state index in [2.05, 4.69) is 28.7 Å². The lowest BCUT2D eigenvalue weighted by Crippen LogP contribution is -2.47. The van der Waals surface area contributed by atoms with Crippen LogP contribution >= 0.6 is 11.3 Å². The zero-order valence-electron chi connectivity index (χ0n) is 21.9. The van der Waals surface area contributed by atoms with E-state index in [0.717, 1.165) is 17.9 Å². The van der Waals surface area contributed by atoms with Crippen molar-refractivity contribution in [3.8, 4) is 5.75 Å². The summed E-state index contributed by atoms with van der Waals surface area (Å²) < 4.78 is 34.9. The molecule has 4 rings (SSSR count). The summed E-state index contributed by atoms with van der Waals surface area (Å²) >= 11 is 1.14. The van der Waals surface area contributed by atoms with Crippen LogP contribution in [0.3, 0.4) is 0 Å². The average Bonchev–Trinajstić information content (AvgIpc) is 3.44. The number of amides is 1. The van der Waals surface area contributed by atoms with E-state index in [1.807, 2.05) is 32.2 Å². The van der Waals surface area contributed by atoms with E-state index in [1.165, 1.54) is 5.56 Å². The summed E-state index contributed by atoms with van der Waals surface area (Å²) in [6, 6.07) is 18.1. The van der Waals surface area contributed by atoms with Gasteiger partial charge in [-0.05, 0) is 49.2 Å². The molecule has 1 amide bonds. The highest BCUT2D eigenvalue weighted by molar-refractivity contribution is 7.94. The van der Waals surface area contributed by atoms with Crippen LogP contribution in [0.15, 0.2) is 70.3 Å². The Morgan fingerprint density at radius 3 is 2.63 bits per heavy atom. The van der Waals surface area contributed by atoms with Crippen molar-refractivity contribution in [2.24, 2.45) is 5.92 Å². The molecular weight excluding hydrogens is 522 g/mol. The highest BCUT2D eigenvalue weighted by atomic mass is 32.2. The SMILES string of the molecule is C[C@H]1CN([C@@H](C)CO)C(=O)Cc2cc(NS(=O)(=O)c3cccs3)ccc2O[C@@H]1CN(C)Cc1ccccc1. The van der Waals surface area contributed by atoms with Gasteiger partial charge >= 0.3 is 0 Å². The molecule has 2 N–H and O–H groups in total. The van der Waals surface area contributed by atoms with E-state index in [-0.39, 0.29) is 41.2 Å². The van der Waals surface area contributed by atoms with Gasteiger partial charge in [0.1, 0.15) is 16.1 Å². The predicted octanol–water partition coefficient (Wildman–Crippen LogP) is 3.83. The third kappa shape index (κ3) is 6.93. The normalized spacial score (nSPS) is 19.2. The fourth-order valence-corrected chi connectivity index (χ4v) is 6.64. The number of likely N-dealkylation sites (N-methyl/N-ethyl adjacent to an activating group) is 1. The maximum atomic E-state index is 13.4. The van der Waals surface area contributed by atoms with Crippen LogP contribution in [0.2, 0.25) is 0 Å². The fraction of sp³-hybridized carbons (Fsp3) is 0.393. The van der Waals surface area contributed by atoms with Gasteiger partial charge in [-0.25, -0.2) is 8.42 Å². The molecule has 10 heteroatoms. The number of benzene rings is 2. The Labute approximate surface area is 228 Å². The maximum Gasteiger partial charge on any atom is 0.271 e. The Kier molecular flexibility index (Phi) is 9.09. The topological polar surface area (TPSA) is 99.2 Å².